The Labute approximate surface area is 90.8 Å². The van der Waals surface area contributed by atoms with Gasteiger partial charge in [-0.2, -0.15) is 0 Å². The lowest BCUT2D eigenvalue weighted by Crippen LogP contribution is -2.01. The van der Waals surface area contributed by atoms with E-state index in [9.17, 15) is 4.79 Å². The van der Waals surface area contributed by atoms with Gasteiger partial charge in [0.25, 0.3) is 0 Å². The summed E-state index contributed by atoms with van der Waals surface area (Å²) in [4.78, 5) is 12.0. The van der Waals surface area contributed by atoms with Crippen LogP contribution in [0.15, 0.2) is 35.9 Å². The number of carbonyl (C=O) groups excluding carboxylic acids is 1. The number of hydrogen-bond acceptors (Lipinski definition) is 1. The first kappa shape index (κ1) is 10.2. The molecule has 78 valence electrons. The summed E-state index contributed by atoms with van der Waals surface area (Å²) in [6, 6.07) is 7.98. The molecule has 0 bridgehead atoms. The zero-order valence-corrected chi connectivity index (χ0v) is 9.12. The predicted molar refractivity (Wildman–Crippen MR) is 62.1 cm³/mol. The number of aryl methyl sites for hydroxylation is 1. The van der Waals surface area contributed by atoms with Gasteiger partial charge in [0.05, 0.1) is 0 Å². The molecule has 0 saturated carbocycles. The third-order valence-electron chi connectivity index (χ3n) is 2.93. The molecular weight excluding hydrogens is 184 g/mol. The zero-order valence-electron chi connectivity index (χ0n) is 9.12. The minimum atomic E-state index is 0.225. The van der Waals surface area contributed by atoms with E-state index in [4.69, 9.17) is 0 Å². The lowest BCUT2D eigenvalue weighted by atomic mass is 10.0. The van der Waals surface area contributed by atoms with Crippen molar-refractivity contribution in [2.45, 2.75) is 32.6 Å². The van der Waals surface area contributed by atoms with E-state index in [1.165, 1.54) is 5.56 Å². The number of Topliss-reactive ketones (excluding diaryl/α,β-unsaturated/α-hetero) is 1. The molecule has 1 aromatic rings. The van der Waals surface area contributed by atoms with Crippen LogP contribution in [0.2, 0.25) is 0 Å². The van der Waals surface area contributed by atoms with E-state index >= 15 is 0 Å². The molecular formula is C14H16O. The molecule has 0 heterocycles. The van der Waals surface area contributed by atoms with Gasteiger partial charge in [-0.15, -0.1) is 0 Å². The van der Waals surface area contributed by atoms with E-state index in [1.807, 2.05) is 18.2 Å². The zero-order chi connectivity index (χ0) is 10.7. The van der Waals surface area contributed by atoms with Crippen molar-refractivity contribution >= 4 is 5.78 Å². The van der Waals surface area contributed by atoms with Gasteiger partial charge in [0, 0.05) is 5.56 Å². The third-order valence-corrected chi connectivity index (χ3v) is 2.93. The van der Waals surface area contributed by atoms with Gasteiger partial charge >= 0.3 is 0 Å². The Balaban J connectivity index is 2.24. The fraction of sp³-hybridized carbons (Fsp3) is 0.357. The standard InChI is InChI=1S/C14H16O/c1-2-11-6-5-9-13(10-11)14(15)12-7-3-4-8-12/h5-7,9-10H,2-4,8H2,1H3. The summed E-state index contributed by atoms with van der Waals surface area (Å²) < 4.78 is 0. The molecule has 0 atom stereocenters. The first-order chi connectivity index (χ1) is 7.31. The van der Waals surface area contributed by atoms with Crippen LogP contribution in [0, 0.1) is 0 Å². The van der Waals surface area contributed by atoms with Crippen molar-refractivity contribution in [1.82, 2.24) is 0 Å². The highest BCUT2D eigenvalue weighted by Gasteiger charge is 2.14. The second kappa shape index (κ2) is 4.43. The largest absolute Gasteiger partial charge is 0.289 e. The number of ketones is 1. The highest BCUT2D eigenvalue weighted by Crippen LogP contribution is 2.22. The van der Waals surface area contributed by atoms with Crippen LogP contribution in [0.1, 0.15) is 42.1 Å². The summed E-state index contributed by atoms with van der Waals surface area (Å²) in [5.41, 5.74) is 3.09. The van der Waals surface area contributed by atoms with Crippen LogP contribution < -0.4 is 0 Å². The fourth-order valence-corrected chi connectivity index (χ4v) is 1.99. The third kappa shape index (κ3) is 2.17. The number of allylic oxidation sites excluding steroid dienone is 2. The topological polar surface area (TPSA) is 17.1 Å². The number of benzene rings is 1. The van der Waals surface area contributed by atoms with E-state index in [0.29, 0.717) is 0 Å². The molecule has 0 unspecified atom stereocenters. The van der Waals surface area contributed by atoms with Gasteiger partial charge < -0.3 is 0 Å². The maximum absolute atomic E-state index is 12.0. The molecule has 1 aliphatic carbocycles. The van der Waals surface area contributed by atoms with Gasteiger partial charge in [0.15, 0.2) is 5.78 Å². The molecule has 0 amide bonds. The average Bonchev–Trinajstić information content (AvgIpc) is 2.81. The predicted octanol–water partition coefficient (Wildman–Crippen LogP) is 3.54. The van der Waals surface area contributed by atoms with Crippen molar-refractivity contribution in [2.75, 3.05) is 0 Å². The Bertz CT molecular complexity index is 402. The smallest absolute Gasteiger partial charge is 0.188 e. The summed E-state index contributed by atoms with van der Waals surface area (Å²) in [6.07, 6.45) is 6.22. The molecule has 1 aromatic carbocycles. The second-order valence-corrected chi connectivity index (χ2v) is 4.00. The molecule has 0 aliphatic heterocycles. The van der Waals surface area contributed by atoms with Gasteiger partial charge in [-0.3, -0.25) is 4.79 Å². The van der Waals surface area contributed by atoms with E-state index < -0.39 is 0 Å². The van der Waals surface area contributed by atoms with Crippen LogP contribution in [0.25, 0.3) is 0 Å². The van der Waals surface area contributed by atoms with E-state index in [-0.39, 0.29) is 5.78 Å². The molecule has 0 spiro atoms. The Kier molecular flexibility index (Phi) is 3.00. The summed E-state index contributed by atoms with van der Waals surface area (Å²) >= 11 is 0. The Morgan fingerprint density at radius 2 is 2.27 bits per heavy atom. The van der Waals surface area contributed by atoms with Crippen molar-refractivity contribution in [3.8, 4) is 0 Å². The van der Waals surface area contributed by atoms with E-state index in [0.717, 1.165) is 36.8 Å². The first-order valence-electron chi connectivity index (χ1n) is 5.64. The van der Waals surface area contributed by atoms with E-state index in [1.54, 1.807) is 0 Å². The lowest BCUT2D eigenvalue weighted by Gasteiger charge is -2.03. The molecule has 1 nitrogen and oxygen atoms in total. The number of rotatable bonds is 3. The van der Waals surface area contributed by atoms with Crippen molar-refractivity contribution in [2.24, 2.45) is 0 Å². The fourth-order valence-electron chi connectivity index (χ4n) is 1.99. The van der Waals surface area contributed by atoms with Crippen LogP contribution in [0.4, 0.5) is 0 Å². The van der Waals surface area contributed by atoms with Crippen LogP contribution in [-0.4, -0.2) is 5.78 Å². The highest BCUT2D eigenvalue weighted by atomic mass is 16.1. The quantitative estimate of drug-likeness (QED) is 0.682. The molecule has 0 N–H and O–H groups in total. The highest BCUT2D eigenvalue weighted by molar-refractivity contribution is 6.08. The van der Waals surface area contributed by atoms with Gasteiger partial charge in [0.1, 0.15) is 0 Å². The monoisotopic (exact) mass is 200 g/mol. The second-order valence-electron chi connectivity index (χ2n) is 4.00. The van der Waals surface area contributed by atoms with Crippen molar-refractivity contribution < 1.29 is 4.79 Å². The minimum Gasteiger partial charge on any atom is -0.289 e. The normalized spacial score (nSPS) is 15.1. The van der Waals surface area contributed by atoms with Crippen molar-refractivity contribution in [3.63, 3.8) is 0 Å². The maximum Gasteiger partial charge on any atom is 0.188 e. The van der Waals surface area contributed by atoms with Gasteiger partial charge in [-0.1, -0.05) is 31.2 Å². The first-order valence-corrected chi connectivity index (χ1v) is 5.64. The molecule has 0 radical (unpaired) electrons. The van der Waals surface area contributed by atoms with Crippen LogP contribution >= 0.6 is 0 Å². The number of hydrogen-bond donors (Lipinski definition) is 0. The summed E-state index contributed by atoms with van der Waals surface area (Å²) in [7, 11) is 0. The minimum absolute atomic E-state index is 0.225. The molecule has 0 saturated heterocycles. The Morgan fingerprint density at radius 1 is 1.40 bits per heavy atom. The average molecular weight is 200 g/mol. The SMILES string of the molecule is CCc1cccc(C(=O)C2=CCCC2)c1. The molecule has 15 heavy (non-hydrogen) atoms. The molecule has 2 rings (SSSR count). The Hall–Kier alpha value is -1.37. The van der Waals surface area contributed by atoms with Gasteiger partial charge in [-0.25, -0.2) is 0 Å². The summed E-state index contributed by atoms with van der Waals surface area (Å²) in [5.74, 6) is 0.225. The van der Waals surface area contributed by atoms with Crippen LogP contribution in [0.3, 0.4) is 0 Å². The molecule has 1 aliphatic rings. The van der Waals surface area contributed by atoms with Crippen LogP contribution in [0.5, 0.6) is 0 Å². The van der Waals surface area contributed by atoms with Gasteiger partial charge in [0.2, 0.25) is 0 Å². The van der Waals surface area contributed by atoms with E-state index in [2.05, 4.69) is 19.1 Å². The van der Waals surface area contributed by atoms with Crippen molar-refractivity contribution in [3.05, 3.63) is 47.0 Å². The number of carbonyl (C=O) groups is 1. The van der Waals surface area contributed by atoms with Crippen LogP contribution in [-0.2, 0) is 6.42 Å². The summed E-state index contributed by atoms with van der Waals surface area (Å²) in [6.45, 7) is 2.11. The molecule has 0 aromatic heterocycles. The molecule has 1 heteroatoms. The molecule has 0 fully saturated rings. The summed E-state index contributed by atoms with van der Waals surface area (Å²) in [5, 5.41) is 0. The van der Waals surface area contributed by atoms with Crippen molar-refractivity contribution in [1.29, 1.82) is 0 Å². The lowest BCUT2D eigenvalue weighted by molar-refractivity contribution is 0.103. The Morgan fingerprint density at radius 3 is 2.93 bits per heavy atom. The maximum atomic E-state index is 12.0. The van der Waals surface area contributed by atoms with Gasteiger partial charge in [-0.05, 0) is 42.9 Å².